The molecular weight excluding hydrogens is 264 g/mol. The van der Waals surface area contributed by atoms with Crippen molar-refractivity contribution >= 4 is 10.8 Å². The first-order valence-electron chi connectivity index (χ1n) is 7.09. The van der Waals surface area contributed by atoms with E-state index in [0.717, 1.165) is 24.3 Å². The van der Waals surface area contributed by atoms with Crippen LogP contribution in [0.5, 0.6) is 0 Å². The molecule has 0 saturated carbocycles. The Morgan fingerprint density at radius 3 is 1.40 bits per heavy atom. The molecule has 106 valence electrons. The summed E-state index contributed by atoms with van der Waals surface area (Å²) in [7, 11) is -0.732. The Morgan fingerprint density at radius 2 is 1.05 bits per heavy atom. The van der Waals surface area contributed by atoms with Gasteiger partial charge in [-0.05, 0) is 37.8 Å². The van der Waals surface area contributed by atoms with Crippen LogP contribution in [-0.4, -0.2) is 15.7 Å². The zero-order valence-corrected chi connectivity index (χ0v) is 13.1. The lowest BCUT2D eigenvalue weighted by atomic mass is 10.1. The van der Waals surface area contributed by atoms with Gasteiger partial charge in [0, 0.05) is 22.3 Å². The SMILES string of the molecule is Cc1ccc(CCS(=O)CCc2ccc(C)cc2)cc1. The van der Waals surface area contributed by atoms with E-state index < -0.39 is 10.8 Å². The van der Waals surface area contributed by atoms with Crippen LogP contribution in [-0.2, 0) is 23.6 Å². The molecule has 0 atom stereocenters. The monoisotopic (exact) mass is 286 g/mol. The fourth-order valence-electron chi connectivity index (χ4n) is 2.07. The van der Waals surface area contributed by atoms with E-state index in [0.29, 0.717) is 0 Å². The van der Waals surface area contributed by atoms with Crippen molar-refractivity contribution in [3.05, 3.63) is 70.8 Å². The molecule has 0 unspecified atom stereocenters. The van der Waals surface area contributed by atoms with E-state index in [1.165, 1.54) is 22.3 Å². The molecule has 2 aromatic carbocycles. The number of benzene rings is 2. The number of hydrogen-bond donors (Lipinski definition) is 0. The van der Waals surface area contributed by atoms with Crippen LogP contribution in [0.3, 0.4) is 0 Å². The first kappa shape index (κ1) is 15.0. The van der Waals surface area contributed by atoms with Gasteiger partial charge in [-0.2, -0.15) is 0 Å². The van der Waals surface area contributed by atoms with Crippen molar-refractivity contribution in [2.24, 2.45) is 0 Å². The van der Waals surface area contributed by atoms with E-state index in [2.05, 4.69) is 62.4 Å². The van der Waals surface area contributed by atoms with Gasteiger partial charge in [0.1, 0.15) is 0 Å². The maximum Gasteiger partial charge on any atom is 0.0275 e. The average molecular weight is 286 g/mol. The predicted molar refractivity (Wildman–Crippen MR) is 87.6 cm³/mol. The van der Waals surface area contributed by atoms with Gasteiger partial charge in [-0.1, -0.05) is 59.7 Å². The van der Waals surface area contributed by atoms with Crippen LogP contribution in [0.4, 0.5) is 0 Å². The number of hydrogen-bond acceptors (Lipinski definition) is 1. The Hall–Kier alpha value is -1.41. The van der Waals surface area contributed by atoms with E-state index in [4.69, 9.17) is 0 Å². The summed E-state index contributed by atoms with van der Waals surface area (Å²) in [6.07, 6.45) is 1.81. The molecule has 2 heteroatoms. The summed E-state index contributed by atoms with van der Waals surface area (Å²) in [5.74, 6) is 1.52. The molecule has 0 saturated heterocycles. The summed E-state index contributed by atoms with van der Waals surface area (Å²) in [4.78, 5) is 0. The van der Waals surface area contributed by atoms with Crippen molar-refractivity contribution in [1.82, 2.24) is 0 Å². The van der Waals surface area contributed by atoms with Gasteiger partial charge in [-0.15, -0.1) is 0 Å². The van der Waals surface area contributed by atoms with Gasteiger partial charge >= 0.3 is 0 Å². The number of aryl methyl sites for hydroxylation is 4. The van der Waals surface area contributed by atoms with Crippen LogP contribution in [0.25, 0.3) is 0 Å². The first-order valence-corrected chi connectivity index (χ1v) is 8.58. The Bertz CT molecular complexity index is 503. The van der Waals surface area contributed by atoms with Crippen molar-refractivity contribution in [3.63, 3.8) is 0 Å². The fourth-order valence-corrected chi connectivity index (χ4v) is 3.21. The van der Waals surface area contributed by atoms with Crippen LogP contribution in [0, 0.1) is 13.8 Å². The predicted octanol–water partition coefficient (Wildman–Crippen LogP) is 3.84. The summed E-state index contributed by atoms with van der Waals surface area (Å²) in [6.45, 7) is 4.17. The molecule has 0 fully saturated rings. The summed E-state index contributed by atoms with van der Waals surface area (Å²) in [6, 6.07) is 17.0. The van der Waals surface area contributed by atoms with E-state index in [-0.39, 0.29) is 0 Å². The summed E-state index contributed by atoms with van der Waals surface area (Å²) < 4.78 is 12.0. The molecule has 0 bridgehead atoms. The smallest absolute Gasteiger partial charge is 0.0275 e. The Kier molecular flexibility index (Phi) is 5.54. The molecular formula is C18H22OS. The zero-order valence-electron chi connectivity index (χ0n) is 12.3. The maximum atomic E-state index is 12.0. The highest BCUT2D eigenvalue weighted by molar-refractivity contribution is 7.84. The molecule has 0 aromatic heterocycles. The van der Waals surface area contributed by atoms with Crippen LogP contribution >= 0.6 is 0 Å². The summed E-state index contributed by atoms with van der Waals surface area (Å²) in [5, 5.41) is 0. The van der Waals surface area contributed by atoms with E-state index in [1.807, 2.05) is 0 Å². The van der Waals surface area contributed by atoms with Crippen molar-refractivity contribution in [3.8, 4) is 0 Å². The second-order valence-corrected chi connectivity index (χ2v) is 7.02. The molecule has 2 rings (SSSR count). The normalized spacial score (nSPS) is 10.9. The van der Waals surface area contributed by atoms with Gasteiger partial charge in [0.2, 0.25) is 0 Å². The highest BCUT2D eigenvalue weighted by Crippen LogP contribution is 2.07. The highest BCUT2D eigenvalue weighted by Gasteiger charge is 2.02. The van der Waals surface area contributed by atoms with Crippen molar-refractivity contribution in [1.29, 1.82) is 0 Å². The van der Waals surface area contributed by atoms with Gasteiger partial charge in [-0.25, -0.2) is 0 Å². The minimum absolute atomic E-state index is 0.732. The third kappa shape index (κ3) is 4.93. The van der Waals surface area contributed by atoms with Gasteiger partial charge in [0.15, 0.2) is 0 Å². The molecule has 0 amide bonds. The largest absolute Gasteiger partial charge is 0.260 e. The van der Waals surface area contributed by atoms with Gasteiger partial charge in [0.25, 0.3) is 0 Å². The average Bonchev–Trinajstić information content (AvgIpc) is 2.46. The third-order valence-electron chi connectivity index (χ3n) is 3.48. The van der Waals surface area contributed by atoms with Crippen molar-refractivity contribution in [2.45, 2.75) is 26.7 Å². The summed E-state index contributed by atoms with van der Waals surface area (Å²) >= 11 is 0. The molecule has 0 N–H and O–H groups in total. The van der Waals surface area contributed by atoms with Gasteiger partial charge in [-0.3, -0.25) is 4.21 Å². The Labute approximate surface area is 124 Å². The van der Waals surface area contributed by atoms with E-state index >= 15 is 0 Å². The molecule has 20 heavy (non-hydrogen) atoms. The fraction of sp³-hybridized carbons (Fsp3) is 0.333. The molecule has 0 heterocycles. The second-order valence-electron chi connectivity index (χ2n) is 5.32. The Balaban J connectivity index is 1.75. The van der Waals surface area contributed by atoms with E-state index in [1.54, 1.807) is 0 Å². The molecule has 0 aliphatic rings. The maximum absolute atomic E-state index is 12.0. The zero-order chi connectivity index (χ0) is 14.4. The lowest BCUT2D eigenvalue weighted by Crippen LogP contribution is -2.07. The van der Waals surface area contributed by atoms with Crippen LogP contribution < -0.4 is 0 Å². The van der Waals surface area contributed by atoms with Crippen LogP contribution in [0.1, 0.15) is 22.3 Å². The lowest BCUT2D eigenvalue weighted by molar-refractivity contribution is 0.681. The molecule has 0 aliphatic carbocycles. The molecule has 2 aromatic rings. The van der Waals surface area contributed by atoms with Gasteiger partial charge in [0.05, 0.1) is 0 Å². The number of rotatable bonds is 6. The third-order valence-corrected chi connectivity index (χ3v) is 4.80. The van der Waals surface area contributed by atoms with Crippen LogP contribution in [0.15, 0.2) is 48.5 Å². The quantitative estimate of drug-likeness (QED) is 0.788. The van der Waals surface area contributed by atoms with Crippen molar-refractivity contribution in [2.75, 3.05) is 11.5 Å². The van der Waals surface area contributed by atoms with Crippen LogP contribution in [0.2, 0.25) is 0 Å². The second kappa shape index (κ2) is 7.39. The molecule has 1 nitrogen and oxygen atoms in total. The topological polar surface area (TPSA) is 17.1 Å². The van der Waals surface area contributed by atoms with E-state index in [9.17, 15) is 4.21 Å². The minimum Gasteiger partial charge on any atom is -0.260 e. The standard InChI is InChI=1S/C18H22OS/c1-15-3-7-17(8-4-15)11-13-20(19)14-12-18-9-5-16(2)6-10-18/h3-10H,11-14H2,1-2H3. The molecule has 0 radical (unpaired) electrons. The highest BCUT2D eigenvalue weighted by atomic mass is 32.2. The van der Waals surface area contributed by atoms with Gasteiger partial charge < -0.3 is 0 Å². The lowest BCUT2D eigenvalue weighted by Gasteiger charge is -2.04. The molecule has 0 aliphatic heterocycles. The summed E-state index contributed by atoms with van der Waals surface area (Å²) in [5.41, 5.74) is 5.10. The Morgan fingerprint density at radius 1 is 0.700 bits per heavy atom. The minimum atomic E-state index is -0.732. The van der Waals surface area contributed by atoms with Crippen molar-refractivity contribution < 1.29 is 4.21 Å². The molecule has 0 spiro atoms. The first-order chi connectivity index (χ1) is 9.63.